The lowest BCUT2D eigenvalue weighted by molar-refractivity contribution is -0.00480. The molecule has 3 rings (SSSR count). The zero-order valence-corrected chi connectivity index (χ0v) is 14.4. The summed E-state index contributed by atoms with van der Waals surface area (Å²) >= 11 is 0. The van der Waals surface area contributed by atoms with Crippen LogP contribution in [0.2, 0.25) is 0 Å². The van der Waals surface area contributed by atoms with Crippen LogP contribution < -0.4 is 4.74 Å². The number of benzene rings is 1. The molecule has 0 amide bonds. The third kappa shape index (κ3) is 4.52. The molecule has 1 aliphatic rings. The van der Waals surface area contributed by atoms with E-state index in [0.29, 0.717) is 12.7 Å². The van der Waals surface area contributed by atoms with Gasteiger partial charge in [0.15, 0.2) is 0 Å². The number of ether oxygens (including phenoxy) is 2. The molecule has 1 saturated heterocycles. The summed E-state index contributed by atoms with van der Waals surface area (Å²) in [6, 6.07) is 12.1. The molecule has 2 aromatic rings. The minimum atomic E-state index is 0.315. The summed E-state index contributed by atoms with van der Waals surface area (Å²) in [5, 5.41) is 8.38. The van der Waals surface area contributed by atoms with Gasteiger partial charge in [-0.25, -0.2) is 0 Å². The first-order chi connectivity index (χ1) is 11.7. The molecule has 24 heavy (non-hydrogen) atoms. The van der Waals surface area contributed by atoms with Crippen molar-refractivity contribution in [2.24, 2.45) is 0 Å². The van der Waals surface area contributed by atoms with Crippen LogP contribution in [0.1, 0.15) is 29.8 Å². The lowest BCUT2D eigenvalue weighted by atomic mass is 10.1. The van der Waals surface area contributed by atoms with Gasteiger partial charge in [-0.2, -0.15) is 10.2 Å². The molecule has 0 unspecified atom stereocenters. The van der Waals surface area contributed by atoms with Gasteiger partial charge < -0.3 is 9.47 Å². The van der Waals surface area contributed by atoms with Crippen LogP contribution in [0.3, 0.4) is 0 Å². The first-order valence-corrected chi connectivity index (χ1v) is 8.49. The Bertz CT molecular complexity index is 637. The molecular weight excluding hydrogens is 302 g/mol. The normalized spacial score (nSPS) is 16.2. The van der Waals surface area contributed by atoms with Gasteiger partial charge in [-0.3, -0.25) is 4.90 Å². The topological polar surface area (TPSA) is 47.5 Å². The highest BCUT2D eigenvalue weighted by Gasteiger charge is 2.20. The average Bonchev–Trinajstić information content (AvgIpc) is 2.63. The summed E-state index contributed by atoms with van der Waals surface area (Å²) in [5.74, 6) is 0.896. The number of para-hydroxylation sites is 1. The lowest BCUT2D eigenvalue weighted by Crippen LogP contribution is -2.36. The predicted molar refractivity (Wildman–Crippen MR) is 92.9 cm³/mol. The number of nitrogens with zero attached hydrogens (tertiary/aromatic N) is 3. The van der Waals surface area contributed by atoms with Gasteiger partial charge in [0.05, 0.1) is 31.2 Å². The first-order valence-electron chi connectivity index (χ1n) is 8.49. The minimum Gasteiger partial charge on any atom is -0.496 e. The zero-order chi connectivity index (χ0) is 16.8. The molecule has 1 aromatic carbocycles. The van der Waals surface area contributed by atoms with E-state index in [1.807, 2.05) is 31.2 Å². The van der Waals surface area contributed by atoms with Crippen molar-refractivity contribution in [1.82, 2.24) is 15.1 Å². The Kier molecular flexibility index (Phi) is 5.77. The maximum Gasteiger partial charge on any atom is 0.124 e. The smallest absolute Gasteiger partial charge is 0.124 e. The Labute approximate surface area is 143 Å². The molecule has 0 radical (unpaired) electrons. The van der Waals surface area contributed by atoms with Crippen molar-refractivity contribution in [3.8, 4) is 5.75 Å². The van der Waals surface area contributed by atoms with Crippen LogP contribution in [-0.4, -0.2) is 41.4 Å². The Hall–Kier alpha value is -1.98. The molecule has 1 aromatic heterocycles. The number of methoxy groups -OCH3 is 1. The van der Waals surface area contributed by atoms with E-state index in [1.165, 1.54) is 0 Å². The van der Waals surface area contributed by atoms with Gasteiger partial charge >= 0.3 is 0 Å². The second-order valence-electron chi connectivity index (χ2n) is 6.26. The molecule has 0 N–H and O–H groups in total. The van der Waals surface area contributed by atoms with Crippen molar-refractivity contribution >= 4 is 0 Å². The van der Waals surface area contributed by atoms with Gasteiger partial charge in [-0.15, -0.1) is 0 Å². The number of likely N-dealkylation sites (tertiary alicyclic amines) is 1. The SMILES string of the molecule is COc1ccccc1COC1CCN(Cc2ccc(C)nn2)CC1. The van der Waals surface area contributed by atoms with Crippen molar-refractivity contribution in [2.45, 2.75) is 39.0 Å². The molecule has 0 saturated carbocycles. The maximum atomic E-state index is 6.09. The van der Waals surface area contributed by atoms with Crippen molar-refractivity contribution in [2.75, 3.05) is 20.2 Å². The van der Waals surface area contributed by atoms with E-state index in [2.05, 4.69) is 27.2 Å². The fourth-order valence-electron chi connectivity index (χ4n) is 3.00. The summed E-state index contributed by atoms with van der Waals surface area (Å²) in [5.41, 5.74) is 3.11. The molecule has 5 nitrogen and oxygen atoms in total. The van der Waals surface area contributed by atoms with Gasteiger partial charge in [0, 0.05) is 25.2 Å². The second-order valence-corrected chi connectivity index (χ2v) is 6.26. The fraction of sp³-hybridized carbons (Fsp3) is 0.474. The van der Waals surface area contributed by atoms with E-state index >= 15 is 0 Å². The molecule has 0 atom stereocenters. The van der Waals surface area contributed by atoms with Crippen LogP contribution in [0.25, 0.3) is 0 Å². The highest BCUT2D eigenvalue weighted by atomic mass is 16.5. The number of hydrogen-bond acceptors (Lipinski definition) is 5. The van der Waals surface area contributed by atoms with E-state index in [9.17, 15) is 0 Å². The van der Waals surface area contributed by atoms with Crippen LogP contribution in [-0.2, 0) is 17.9 Å². The Balaban J connectivity index is 1.44. The Morgan fingerprint density at radius 1 is 1.08 bits per heavy atom. The summed E-state index contributed by atoms with van der Waals surface area (Å²) < 4.78 is 11.5. The predicted octanol–water partition coefficient (Wildman–Crippen LogP) is 2.97. The Morgan fingerprint density at radius 2 is 1.88 bits per heavy atom. The highest BCUT2D eigenvalue weighted by Crippen LogP contribution is 2.21. The number of hydrogen-bond donors (Lipinski definition) is 0. The standard InChI is InChI=1S/C19H25N3O2/c1-15-7-8-17(21-20-15)13-22-11-9-18(10-12-22)24-14-16-5-3-4-6-19(16)23-2/h3-8,18H,9-14H2,1-2H3. The number of piperidine rings is 1. The molecule has 5 heteroatoms. The van der Waals surface area contributed by atoms with E-state index in [1.54, 1.807) is 7.11 Å². The molecule has 1 fully saturated rings. The van der Waals surface area contributed by atoms with Gasteiger partial charge in [0.2, 0.25) is 0 Å². The molecule has 128 valence electrons. The third-order valence-corrected chi connectivity index (χ3v) is 4.44. The molecule has 0 aliphatic carbocycles. The number of aromatic nitrogens is 2. The van der Waals surface area contributed by atoms with Crippen molar-refractivity contribution in [3.05, 3.63) is 53.3 Å². The fourth-order valence-corrected chi connectivity index (χ4v) is 3.00. The first kappa shape index (κ1) is 16.9. The van der Waals surface area contributed by atoms with Gasteiger partial charge in [-0.05, 0) is 38.0 Å². The van der Waals surface area contributed by atoms with Crippen LogP contribution >= 0.6 is 0 Å². The number of aryl methyl sites for hydroxylation is 1. The summed E-state index contributed by atoms with van der Waals surface area (Å²) in [7, 11) is 1.70. The second kappa shape index (κ2) is 8.22. The van der Waals surface area contributed by atoms with Crippen LogP contribution in [0.15, 0.2) is 36.4 Å². The van der Waals surface area contributed by atoms with E-state index in [0.717, 1.165) is 55.2 Å². The number of rotatable bonds is 6. The Morgan fingerprint density at radius 3 is 2.58 bits per heavy atom. The molecular formula is C19H25N3O2. The average molecular weight is 327 g/mol. The quantitative estimate of drug-likeness (QED) is 0.816. The van der Waals surface area contributed by atoms with Crippen molar-refractivity contribution < 1.29 is 9.47 Å². The zero-order valence-electron chi connectivity index (χ0n) is 14.4. The van der Waals surface area contributed by atoms with Crippen LogP contribution in [0.5, 0.6) is 5.75 Å². The van der Waals surface area contributed by atoms with E-state index in [4.69, 9.17) is 9.47 Å². The molecule has 0 spiro atoms. The van der Waals surface area contributed by atoms with Gasteiger partial charge in [0.25, 0.3) is 0 Å². The van der Waals surface area contributed by atoms with Crippen molar-refractivity contribution in [3.63, 3.8) is 0 Å². The molecule has 0 bridgehead atoms. The minimum absolute atomic E-state index is 0.315. The summed E-state index contributed by atoms with van der Waals surface area (Å²) in [6.45, 7) is 5.50. The van der Waals surface area contributed by atoms with E-state index < -0.39 is 0 Å². The molecule has 2 heterocycles. The van der Waals surface area contributed by atoms with E-state index in [-0.39, 0.29) is 0 Å². The van der Waals surface area contributed by atoms with Crippen LogP contribution in [0.4, 0.5) is 0 Å². The highest BCUT2D eigenvalue weighted by molar-refractivity contribution is 5.32. The maximum absolute atomic E-state index is 6.09. The summed E-state index contributed by atoms with van der Waals surface area (Å²) in [4.78, 5) is 2.42. The monoisotopic (exact) mass is 327 g/mol. The van der Waals surface area contributed by atoms with Crippen molar-refractivity contribution in [1.29, 1.82) is 0 Å². The van der Waals surface area contributed by atoms with Crippen LogP contribution in [0, 0.1) is 6.92 Å². The summed E-state index contributed by atoms with van der Waals surface area (Å²) in [6.07, 6.45) is 2.42. The largest absolute Gasteiger partial charge is 0.496 e. The van der Waals surface area contributed by atoms with Gasteiger partial charge in [0.1, 0.15) is 5.75 Å². The molecule has 1 aliphatic heterocycles. The third-order valence-electron chi connectivity index (χ3n) is 4.44. The van der Waals surface area contributed by atoms with Gasteiger partial charge in [-0.1, -0.05) is 18.2 Å². The lowest BCUT2D eigenvalue weighted by Gasteiger charge is -2.31.